The lowest BCUT2D eigenvalue weighted by Crippen LogP contribution is -2.42. The number of carbonyl (C=O) groups is 2. The van der Waals surface area contributed by atoms with Crippen LogP contribution in [0.5, 0.6) is 0 Å². The number of anilines is 1. The van der Waals surface area contributed by atoms with Gasteiger partial charge in [-0.2, -0.15) is 0 Å². The van der Waals surface area contributed by atoms with Gasteiger partial charge >= 0.3 is 6.09 Å². The molecule has 1 saturated heterocycles. The molecule has 1 aliphatic heterocycles. The highest BCUT2D eigenvalue weighted by molar-refractivity contribution is 5.83. The molecule has 2 heterocycles. The summed E-state index contributed by atoms with van der Waals surface area (Å²) in [6, 6.07) is 0. The molecule has 0 aliphatic carbocycles. The van der Waals surface area contributed by atoms with Gasteiger partial charge in [0.1, 0.15) is 6.54 Å². The van der Waals surface area contributed by atoms with E-state index in [0.29, 0.717) is 13.1 Å². The molecular weight excluding hydrogens is 290 g/mol. The second-order valence-corrected chi connectivity index (χ2v) is 5.18. The third-order valence-electron chi connectivity index (χ3n) is 3.47. The van der Waals surface area contributed by atoms with E-state index in [1.165, 1.54) is 10.9 Å². The SMILES string of the molecule is CCOC(=O)Nc1cn(CC(=O)N2CCCC(CO)C2)nn1. The Labute approximate surface area is 128 Å². The minimum Gasteiger partial charge on any atom is -0.450 e. The summed E-state index contributed by atoms with van der Waals surface area (Å²) in [7, 11) is 0. The normalized spacial score (nSPS) is 18.1. The number of nitrogens with zero attached hydrogens (tertiary/aromatic N) is 4. The lowest BCUT2D eigenvalue weighted by molar-refractivity contribution is -0.134. The van der Waals surface area contributed by atoms with Gasteiger partial charge in [0.05, 0.1) is 12.8 Å². The predicted molar refractivity (Wildman–Crippen MR) is 77.1 cm³/mol. The fraction of sp³-hybridized carbons (Fsp3) is 0.692. The highest BCUT2D eigenvalue weighted by Crippen LogP contribution is 2.16. The molecule has 1 unspecified atom stereocenters. The van der Waals surface area contributed by atoms with Crippen molar-refractivity contribution in [3.05, 3.63) is 6.20 Å². The molecule has 0 aromatic carbocycles. The van der Waals surface area contributed by atoms with Crippen molar-refractivity contribution < 1.29 is 19.4 Å². The molecule has 9 nitrogen and oxygen atoms in total. The summed E-state index contributed by atoms with van der Waals surface area (Å²) < 4.78 is 6.10. The van der Waals surface area contributed by atoms with Crippen LogP contribution in [0, 0.1) is 5.92 Å². The average Bonchev–Trinajstić information content (AvgIpc) is 2.94. The zero-order chi connectivity index (χ0) is 15.9. The number of likely N-dealkylation sites (tertiary alicyclic amines) is 1. The van der Waals surface area contributed by atoms with Crippen LogP contribution in [-0.4, -0.2) is 63.3 Å². The van der Waals surface area contributed by atoms with Crippen LogP contribution in [-0.2, 0) is 16.1 Å². The highest BCUT2D eigenvalue weighted by atomic mass is 16.5. The van der Waals surface area contributed by atoms with Crippen LogP contribution in [0.15, 0.2) is 6.20 Å². The molecule has 0 radical (unpaired) electrons. The first-order chi connectivity index (χ1) is 10.6. The summed E-state index contributed by atoms with van der Waals surface area (Å²) in [5, 5.41) is 19.2. The van der Waals surface area contributed by atoms with Crippen LogP contribution >= 0.6 is 0 Å². The monoisotopic (exact) mass is 311 g/mol. The summed E-state index contributed by atoms with van der Waals surface area (Å²) in [5.41, 5.74) is 0. The van der Waals surface area contributed by atoms with Crippen molar-refractivity contribution in [2.75, 3.05) is 31.6 Å². The molecule has 0 spiro atoms. The molecule has 0 bridgehead atoms. The van der Waals surface area contributed by atoms with Gasteiger partial charge in [0.2, 0.25) is 5.91 Å². The Kier molecular flexibility index (Phi) is 5.70. The minimum absolute atomic E-state index is 0.0512. The fourth-order valence-corrected chi connectivity index (χ4v) is 2.38. The van der Waals surface area contributed by atoms with Gasteiger partial charge in [0.15, 0.2) is 5.82 Å². The van der Waals surface area contributed by atoms with E-state index in [9.17, 15) is 14.7 Å². The van der Waals surface area contributed by atoms with E-state index >= 15 is 0 Å². The van der Waals surface area contributed by atoms with Gasteiger partial charge < -0.3 is 14.7 Å². The maximum atomic E-state index is 12.2. The smallest absolute Gasteiger partial charge is 0.412 e. The Morgan fingerprint density at radius 2 is 2.36 bits per heavy atom. The Balaban J connectivity index is 1.86. The summed E-state index contributed by atoms with van der Waals surface area (Å²) in [4.78, 5) is 25.2. The Bertz CT molecular complexity index is 518. The molecule has 2 N–H and O–H groups in total. The third kappa shape index (κ3) is 4.42. The van der Waals surface area contributed by atoms with Crippen LogP contribution in [0.3, 0.4) is 0 Å². The molecule has 1 fully saturated rings. The summed E-state index contributed by atoms with van der Waals surface area (Å²) in [6.07, 6.45) is 2.70. The van der Waals surface area contributed by atoms with Gasteiger partial charge in [-0.1, -0.05) is 5.21 Å². The van der Waals surface area contributed by atoms with Gasteiger partial charge in [-0.25, -0.2) is 9.48 Å². The van der Waals surface area contributed by atoms with E-state index in [1.54, 1.807) is 11.8 Å². The van der Waals surface area contributed by atoms with Gasteiger partial charge in [-0.15, -0.1) is 5.10 Å². The number of aromatic nitrogens is 3. The number of nitrogens with one attached hydrogen (secondary N) is 1. The van der Waals surface area contributed by atoms with E-state index in [0.717, 1.165) is 12.8 Å². The first kappa shape index (κ1) is 16.2. The molecule has 1 aromatic heterocycles. The van der Waals surface area contributed by atoms with Crippen LogP contribution in [0.2, 0.25) is 0 Å². The fourth-order valence-electron chi connectivity index (χ4n) is 2.38. The summed E-state index contributed by atoms with van der Waals surface area (Å²) in [6.45, 7) is 3.37. The standard InChI is InChI=1S/C13H21N5O4/c1-2-22-13(21)14-11-7-18(16-15-11)8-12(20)17-5-3-4-10(6-17)9-19/h7,10,19H,2-6,8-9H2,1H3,(H,14,21). The first-order valence-electron chi connectivity index (χ1n) is 7.35. The summed E-state index contributed by atoms with van der Waals surface area (Å²) >= 11 is 0. The van der Waals surface area contributed by atoms with Crippen molar-refractivity contribution in [3.63, 3.8) is 0 Å². The van der Waals surface area contributed by atoms with Gasteiger partial charge in [0, 0.05) is 19.7 Å². The largest absolute Gasteiger partial charge is 0.450 e. The molecular formula is C13H21N5O4. The van der Waals surface area contributed by atoms with Crippen molar-refractivity contribution in [1.29, 1.82) is 0 Å². The lowest BCUT2D eigenvalue weighted by Gasteiger charge is -2.31. The van der Waals surface area contributed by atoms with E-state index in [-0.39, 0.29) is 37.4 Å². The molecule has 122 valence electrons. The third-order valence-corrected chi connectivity index (χ3v) is 3.47. The number of rotatable bonds is 5. The van der Waals surface area contributed by atoms with E-state index in [4.69, 9.17) is 4.74 Å². The average molecular weight is 311 g/mol. The van der Waals surface area contributed by atoms with Crippen molar-refractivity contribution in [3.8, 4) is 0 Å². The Hall–Kier alpha value is -2.16. The molecule has 2 rings (SSSR count). The van der Waals surface area contributed by atoms with Gasteiger partial charge in [-0.3, -0.25) is 10.1 Å². The van der Waals surface area contributed by atoms with E-state index < -0.39 is 6.09 Å². The van der Waals surface area contributed by atoms with E-state index in [2.05, 4.69) is 15.6 Å². The van der Waals surface area contributed by atoms with Crippen molar-refractivity contribution in [2.24, 2.45) is 5.92 Å². The Morgan fingerprint density at radius 3 is 3.09 bits per heavy atom. The zero-order valence-corrected chi connectivity index (χ0v) is 12.6. The molecule has 2 amide bonds. The van der Waals surface area contributed by atoms with E-state index in [1.807, 2.05) is 0 Å². The summed E-state index contributed by atoms with van der Waals surface area (Å²) in [5.74, 6) is 0.304. The lowest BCUT2D eigenvalue weighted by atomic mass is 9.99. The number of aliphatic hydroxyl groups is 1. The number of aliphatic hydroxyl groups excluding tert-OH is 1. The zero-order valence-electron chi connectivity index (χ0n) is 12.6. The number of hydrogen-bond donors (Lipinski definition) is 2. The van der Waals surface area contributed by atoms with Crippen LogP contribution in [0.4, 0.5) is 10.6 Å². The maximum absolute atomic E-state index is 12.2. The number of ether oxygens (including phenoxy) is 1. The number of carbonyl (C=O) groups excluding carboxylic acids is 2. The molecule has 1 aromatic rings. The number of amides is 2. The van der Waals surface area contributed by atoms with Crippen LogP contribution < -0.4 is 5.32 Å². The Morgan fingerprint density at radius 1 is 1.55 bits per heavy atom. The highest BCUT2D eigenvalue weighted by Gasteiger charge is 2.23. The predicted octanol–water partition coefficient (Wildman–Crippen LogP) is 0.0774. The van der Waals surface area contributed by atoms with Crippen molar-refractivity contribution in [1.82, 2.24) is 19.9 Å². The number of hydrogen-bond acceptors (Lipinski definition) is 6. The molecule has 1 aliphatic rings. The number of piperidine rings is 1. The molecule has 1 atom stereocenters. The quantitative estimate of drug-likeness (QED) is 0.797. The molecule has 22 heavy (non-hydrogen) atoms. The van der Waals surface area contributed by atoms with Crippen molar-refractivity contribution in [2.45, 2.75) is 26.3 Å². The van der Waals surface area contributed by atoms with Crippen LogP contribution in [0.25, 0.3) is 0 Å². The second-order valence-electron chi connectivity index (χ2n) is 5.18. The first-order valence-corrected chi connectivity index (χ1v) is 7.35. The minimum atomic E-state index is -0.609. The van der Waals surface area contributed by atoms with Crippen molar-refractivity contribution >= 4 is 17.8 Å². The van der Waals surface area contributed by atoms with Crippen LogP contribution in [0.1, 0.15) is 19.8 Å². The van der Waals surface area contributed by atoms with Gasteiger partial charge in [0.25, 0.3) is 0 Å². The molecule has 0 saturated carbocycles. The maximum Gasteiger partial charge on any atom is 0.412 e. The topological polar surface area (TPSA) is 110 Å². The molecule has 9 heteroatoms. The van der Waals surface area contributed by atoms with Gasteiger partial charge in [-0.05, 0) is 25.7 Å². The second kappa shape index (κ2) is 7.74.